The van der Waals surface area contributed by atoms with Gasteiger partial charge in [0.05, 0.1) is 6.61 Å². The predicted molar refractivity (Wildman–Crippen MR) is 139 cm³/mol. The first-order valence-corrected chi connectivity index (χ1v) is 13.8. The number of ether oxygens (including phenoxy) is 1. The van der Waals surface area contributed by atoms with Gasteiger partial charge in [-0.2, -0.15) is 8.42 Å². The van der Waals surface area contributed by atoms with Gasteiger partial charge in [0.2, 0.25) is 0 Å². The van der Waals surface area contributed by atoms with Gasteiger partial charge in [-0.25, -0.2) is 0 Å². The number of benzene rings is 4. The van der Waals surface area contributed by atoms with Crippen LogP contribution in [0.5, 0.6) is 11.5 Å². The molecular weight excluding hydrogens is 532 g/mol. The van der Waals surface area contributed by atoms with Crippen molar-refractivity contribution in [3.8, 4) is 11.5 Å². The number of hydrogen-bond acceptors (Lipinski definition) is 5. The first kappa shape index (κ1) is 24.4. The number of rotatable bonds is 10. The van der Waals surface area contributed by atoms with Crippen LogP contribution in [0.15, 0.2) is 122 Å². The van der Waals surface area contributed by atoms with Gasteiger partial charge in [-0.15, -0.1) is 0 Å². The third kappa shape index (κ3) is 6.88. The lowest BCUT2D eigenvalue weighted by Crippen LogP contribution is -2.11. The molecule has 4 rings (SSSR count). The van der Waals surface area contributed by atoms with Crippen molar-refractivity contribution < 1.29 is 17.3 Å². The lowest BCUT2D eigenvalue weighted by molar-refractivity contribution is 0.311. The van der Waals surface area contributed by atoms with E-state index in [0.29, 0.717) is 16.0 Å². The molecule has 0 aliphatic heterocycles. The van der Waals surface area contributed by atoms with E-state index < -0.39 is 10.1 Å². The molecule has 7 heteroatoms. The predicted octanol–water partition coefficient (Wildman–Crippen LogP) is 7.38. The van der Waals surface area contributed by atoms with E-state index in [1.54, 1.807) is 42.5 Å². The maximum absolute atomic E-state index is 13.0. The van der Waals surface area contributed by atoms with Crippen molar-refractivity contribution >= 4 is 37.8 Å². The van der Waals surface area contributed by atoms with E-state index in [2.05, 4.69) is 28.1 Å². The van der Waals surface area contributed by atoms with Gasteiger partial charge in [-0.3, -0.25) is 0 Å². The Bertz CT molecular complexity index is 1310. The van der Waals surface area contributed by atoms with Crippen LogP contribution >= 0.6 is 27.7 Å². The summed E-state index contributed by atoms with van der Waals surface area (Å²) in [6, 6.07) is 31.6. The monoisotopic (exact) mass is 554 g/mol. The first-order valence-electron chi connectivity index (χ1n) is 10.7. The van der Waals surface area contributed by atoms with Crippen molar-refractivity contribution in [2.24, 2.45) is 0 Å². The van der Waals surface area contributed by atoms with Crippen LogP contribution in [0.25, 0.3) is 0 Å². The van der Waals surface area contributed by atoms with Gasteiger partial charge in [0.15, 0.2) is 0 Å². The fourth-order valence-electron chi connectivity index (χ4n) is 3.25. The second kappa shape index (κ2) is 11.6. The molecule has 4 aromatic rings. The highest BCUT2D eigenvalue weighted by molar-refractivity contribution is 9.10. The minimum atomic E-state index is -4.01. The van der Waals surface area contributed by atoms with Crippen LogP contribution in [0.4, 0.5) is 0 Å². The lowest BCUT2D eigenvalue weighted by Gasteiger charge is -2.12. The van der Waals surface area contributed by atoms with Crippen LogP contribution in [0.3, 0.4) is 0 Å². The van der Waals surface area contributed by atoms with Gasteiger partial charge in [0.25, 0.3) is 0 Å². The summed E-state index contributed by atoms with van der Waals surface area (Å²) in [5.74, 6) is 1.06. The van der Waals surface area contributed by atoms with Crippen LogP contribution in [-0.4, -0.2) is 15.0 Å². The Hall–Kier alpha value is -2.74. The summed E-state index contributed by atoms with van der Waals surface area (Å²) in [5, 5.41) is 0. The molecule has 0 aromatic heterocycles. The molecule has 4 nitrogen and oxygen atoms in total. The number of para-hydroxylation sites is 1. The Morgan fingerprint density at radius 1 is 0.765 bits per heavy atom. The molecule has 0 N–H and O–H groups in total. The van der Waals surface area contributed by atoms with Gasteiger partial charge in [-0.1, -0.05) is 76.2 Å². The van der Waals surface area contributed by atoms with E-state index in [4.69, 9.17) is 8.92 Å². The van der Waals surface area contributed by atoms with Crippen molar-refractivity contribution in [1.82, 2.24) is 0 Å². The Morgan fingerprint density at radius 2 is 1.44 bits per heavy atom. The average Bonchev–Trinajstić information content (AvgIpc) is 2.85. The molecule has 0 radical (unpaired) electrons. The molecule has 0 saturated carbocycles. The summed E-state index contributed by atoms with van der Waals surface area (Å²) >= 11 is 4.73. The van der Waals surface area contributed by atoms with E-state index in [0.717, 1.165) is 23.5 Å². The number of hydrogen-bond donors (Lipinski definition) is 0. The molecule has 0 atom stereocenters. The van der Waals surface area contributed by atoms with Crippen LogP contribution in [0, 0.1) is 0 Å². The van der Waals surface area contributed by atoms with E-state index in [9.17, 15) is 8.42 Å². The Labute approximate surface area is 213 Å². The van der Waals surface area contributed by atoms with Crippen molar-refractivity contribution in [3.63, 3.8) is 0 Å². The zero-order valence-electron chi connectivity index (χ0n) is 18.3. The zero-order chi connectivity index (χ0) is 23.8. The molecule has 0 bridgehead atoms. The van der Waals surface area contributed by atoms with Crippen LogP contribution in [0.1, 0.15) is 12.0 Å². The summed E-state index contributed by atoms with van der Waals surface area (Å²) in [6.45, 7) is 0.632. The standard InChI is InChI=1S/C27H23BrO4S2/c28-22-13-18-26(27(20-22)34(29,30)32-24-11-5-2-6-12-24)33-25-16-14-23(15-17-25)31-19-7-10-21-8-3-1-4-9-21/h1-6,8-9,11-18,20H,7,10,19H2. The molecule has 0 spiro atoms. The highest BCUT2D eigenvalue weighted by Gasteiger charge is 2.22. The Balaban J connectivity index is 1.40. The average molecular weight is 556 g/mol. The lowest BCUT2D eigenvalue weighted by atomic mass is 10.1. The van der Waals surface area contributed by atoms with Crippen molar-refractivity contribution in [3.05, 3.63) is 113 Å². The largest absolute Gasteiger partial charge is 0.494 e. The van der Waals surface area contributed by atoms with Crippen LogP contribution in [-0.2, 0) is 16.5 Å². The molecule has 0 amide bonds. The Kier molecular flexibility index (Phi) is 8.32. The van der Waals surface area contributed by atoms with E-state index in [-0.39, 0.29) is 10.6 Å². The first-order chi connectivity index (χ1) is 16.5. The normalized spacial score (nSPS) is 11.2. The molecule has 0 aliphatic rings. The van der Waals surface area contributed by atoms with E-state index >= 15 is 0 Å². The topological polar surface area (TPSA) is 52.6 Å². The third-order valence-corrected chi connectivity index (χ3v) is 7.89. The molecular formula is C27H23BrO4S2. The van der Waals surface area contributed by atoms with E-state index in [1.165, 1.54) is 17.3 Å². The third-order valence-electron chi connectivity index (χ3n) is 4.90. The van der Waals surface area contributed by atoms with Gasteiger partial charge in [0, 0.05) is 14.3 Å². The van der Waals surface area contributed by atoms with Gasteiger partial charge < -0.3 is 8.92 Å². The quantitative estimate of drug-likeness (QED) is 0.151. The fraction of sp³-hybridized carbons (Fsp3) is 0.111. The molecule has 0 unspecified atom stereocenters. The van der Waals surface area contributed by atoms with Crippen LogP contribution in [0.2, 0.25) is 0 Å². The molecule has 4 aromatic carbocycles. The minimum absolute atomic E-state index is 0.108. The van der Waals surface area contributed by atoms with Crippen molar-refractivity contribution in [2.45, 2.75) is 27.5 Å². The fourth-order valence-corrected chi connectivity index (χ4v) is 6.06. The maximum Gasteiger partial charge on any atom is 0.340 e. The molecule has 0 saturated heterocycles. The van der Waals surface area contributed by atoms with Gasteiger partial charge in [0.1, 0.15) is 16.4 Å². The highest BCUT2D eigenvalue weighted by Crippen LogP contribution is 2.36. The second-order valence-corrected chi connectivity index (χ2v) is 11.0. The van der Waals surface area contributed by atoms with E-state index in [1.807, 2.05) is 48.5 Å². The molecule has 0 heterocycles. The molecule has 174 valence electrons. The highest BCUT2D eigenvalue weighted by atomic mass is 79.9. The van der Waals surface area contributed by atoms with Crippen LogP contribution < -0.4 is 8.92 Å². The Morgan fingerprint density at radius 3 is 2.15 bits per heavy atom. The minimum Gasteiger partial charge on any atom is -0.494 e. The van der Waals surface area contributed by atoms with Crippen molar-refractivity contribution in [2.75, 3.05) is 6.61 Å². The van der Waals surface area contributed by atoms with Gasteiger partial charge in [-0.05, 0) is 73.0 Å². The maximum atomic E-state index is 13.0. The zero-order valence-corrected chi connectivity index (χ0v) is 21.5. The molecule has 34 heavy (non-hydrogen) atoms. The van der Waals surface area contributed by atoms with Crippen molar-refractivity contribution in [1.29, 1.82) is 0 Å². The number of halogens is 1. The SMILES string of the molecule is O=S(=O)(Oc1ccccc1)c1cc(Br)ccc1Sc1ccc(OCCCc2ccccc2)cc1. The summed E-state index contributed by atoms with van der Waals surface area (Å²) in [7, 11) is -4.01. The summed E-state index contributed by atoms with van der Waals surface area (Å²) in [6.07, 6.45) is 1.91. The number of aryl methyl sites for hydroxylation is 1. The molecule has 0 aliphatic carbocycles. The molecule has 0 fully saturated rings. The second-order valence-electron chi connectivity index (χ2n) is 7.45. The smallest absolute Gasteiger partial charge is 0.340 e. The van der Waals surface area contributed by atoms with Gasteiger partial charge >= 0.3 is 10.1 Å². The summed E-state index contributed by atoms with van der Waals surface area (Å²) in [4.78, 5) is 1.59. The summed E-state index contributed by atoms with van der Waals surface area (Å²) < 4.78 is 37.8. The summed E-state index contributed by atoms with van der Waals surface area (Å²) in [5.41, 5.74) is 1.30.